The first-order valence-corrected chi connectivity index (χ1v) is 6.17. The minimum absolute atomic E-state index is 0.0549. The molecule has 0 unspecified atom stereocenters. The number of amides is 2. The molecule has 4 nitrogen and oxygen atoms in total. The number of nitrogens with one attached hydrogen (secondary N) is 1. The molecule has 0 aromatic carbocycles. The van der Waals surface area contributed by atoms with Gasteiger partial charge in [-0.25, -0.2) is 4.79 Å². The van der Waals surface area contributed by atoms with E-state index < -0.39 is 0 Å². The van der Waals surface area contributed by atoms with Crippen molar-refractivity contribution >= 4 is 6.03 Å². The third-order valence-electron chi connectivity index (χ3n) is 3.35. The van der Waals surface area contributed by atoms with E-state index in [1.807, 2.05) is 4.90 Å². The average Bonchev–Trinajstić information content (AvgIpc) is 2.29. The zero-order valence-corrected chi connectivity index (χ0v) is 10.7. The van der Waals surface area contributed by atoms with Crippen LogP contribution in [0, 0.1) is 11.8 Å². The molecule has 0 aromatic rings. The lowest BCUT2D eigenvalue weighted by Gasteiger charge is -2.33. The van der Waals surface area contributed by atoms with Crippen molar-refractivity contribution in [1.29, 1.82) is 0 Å². The molecule has 0 spiro atoms. The Morgan fingerprint density at radius 2 is 2.06 bits per heavy atom. The number of ether oxygens (including phenoxy) is 1. The highest BCUT2D eigenvalue weighted by molar-refractivity contribution is 5.74. The maximum Gasteiger partial charge on any atom is 0.317 e. The minimum atomic E-state index is 0.0549. The summed E-state index contributed by atoms with van der Waals surface area (Å²) in [6.45, 7) is 7.48. The predicted octanol–water partition coefficient (Wildman–Crippen LogP) is 1.71. The van der Waals surface area contributed by atoms with E-state index in [0.29, 0.717) is 13.2 Å². The maximum atomic E-state index is 11.7. The number of urea groups is 1. The molecule has 4 heteroatoms. The standard InChI is InChI=1S/C12H24N2O2/c1-10(2)11-4-7-14(8-5-11)12(15)13-6-9-16-3/h10-11H,4-9H2,1-3H3,(H,13,15). The number of likely N-dealkylation sites (tertiary alicyclic amines) is 1. The molecule has 0 aliphatic carbocycles. The van der Waals surface area contributed by atoms with Crippen molar-refractivity contribution in [3.8, 4) is 0 Å². The average molecular weight is 228 g/mol. The van der Waals surface area contributed by atoms with Gasteiger partial charge < -0.3 is 15.0 Å². The molecule has 0 saturated carbocycles. The summed E-state index contributed by atoms with van der Waals surface area (Å²) in [4.78, 5) is 13.6. The number of hydrogen-bond donors (Lipinski definition) is 1. The molecule has 0 bridgehead atoms. The van der Waals surface area contributed by atoms with Gasteiger partial charge in [0.25, 0.3) is 0 Å². The fourth-order valence-electron chi connectivity index (χ4n) is 2.14. The summed E-state index contributed by atoms with van der Waals surface area (Å²) in [6.07, 6.45) is 2.27. The Balaban J connectivity index is 2.22. The lowest BCUT2D eigenvalue weighted by Crippen LogP contribution is -2.45. The Labute approximate surface area is 98.3 Å². The van der Waals surface area contributed by atoms with Gasteiger partial charge in [0.15, 0.2) is 0 Å². The fraction of sp³-hybridized carbons (Fsp3) is 0.917. The van der Waals surface area contributed by atoms with Gasteiger partial charge in [-0.3, -0.25) is 0 Å². The fourth-order valence-corrected chi connectivity index (χ4v) is 2.14. The highest BCUT2D eigenvalue weighted by atomic mass is 16.5. The van der Waals surface area contributed by atoms with E-state index in [4.69, 9.17) is 4.74 Å². The number of hydrogen-bond acceptors (Lipinski definition) is 2. The van der Waals surface area contributed by atoms with Crippen LogP contribution in [0.1, 0.15) is 26.7 Å². The lowest BCUT2D eigenvalue weighted by molar-refractivity contribution is 0.151. The van der Waals surface area contributed by atoms with Crippen molar-refractivity contribution in [2.45, 2.75) is 26.7 Å². The second kappa shape index (κ2) is 6.74. The molecule has 1 aliphatic rings. The maximum absolute atomic E-state index is 11.7. The third kappa shape index (κ3) is 4.00. The zero-order valence-electron chi connectivity index (χ0n) is 10.7. The van der Waals surface area contributed by atoms with Gasteiger partial charge in [0, 0.05) is 26.7 Å². The van der Waals surface area contributed by atoms with E-state index in [1.54, 1.807) is 7.11 Å². The second-order valence-corrected chi connectivity index (χ2v) is 4.79. The summed E-state index contributed by atoms with van der Waals surface area (Å²) in [5.41, 5.74) is 0. The molecule has 1 N–H and O–H groups in total. The Bertz CT molecular complexity index is 211. The van der Waals surface area contributed by atoms with E-state index in [1.165, 1.54) is 0 Å². The SMILES string of the molecule is COCCNC(=O)N1CCC(C(C)C)CC1. The van der Waals surface area contributed by atoms with E-state index in [0.717, 1.165) is 37.8 Å². The van der Waals surface area contributed by atoms with Crippen LogP contribution in [0.25, 0.3) is 0 Å². The minimum Gasteiger partial charge on any atom is -0.383 e. The second-order valence-electron chi connectivity index (χ2n) is 4.79. The first-order chi connectivity index (χ1) is 7.65. The van der Waals surface area contributed by atoms with Gasteiger partial charge in [-0.1, -0.05) is 13.8 Å². The Morgan fingerprint density at radius 1 is 1.44 bits per heavy atom. The quantitative estimate of drug-likeness (QED) is 0.744. The van der Waals surface area contributed by atoms with E-state index in [-0.39, 0.29) is 6.03 Å². The van der Waals surface area contributed by atoms with Gasteiger partial charge in [-0.05, 0) is 24.7 Å². The van der Waals surface area contributed by atoms with Crippen molar-refractivity contribution < 1.29 is 9.53 Å². The van der Waals surface area contributed by atoms with Gasteiger partial charge in [0.1, 0.15) is 0 Å². The monoisotopic (exact) mass is 228 g/mol. The molecule has 2 amide bonds. The Kier molecular flexibility index (Phi) is 5.60. The number of carbonyl (C=O) groups is 1. The van der Waals surface area contributed by atoms with E-state index in [9.17, 15) is 4.79 Å². The largest absolute Gasteiger partial charge is 0.383 e. The van der Waals surface area contributed by atoms with E-state index in [2.05, 4.69) is 19.2 Å². The highest BCUT2D eigenvalue weighted by Gasteiger charge is 2.23. The number of piperidine rings is 1. The summed E-state index contributed by atoms with van der Waals surface area (Å²) in [6, 6.07) is 0.0549. The van der Waals surface area contributed by atoms with Crippen molar-refractivity contribution in [3.05, 3.63) is 0 Å². The normalized spacial score (nSPS) is 17.9. The predicted molar refractivity (Wildman–Crippen MR) is 64.4 cm³/mol. The van der Waals surface area contributed by atoms with Crippen LogP contribution in [0.2, 0.25) is 0 Å². The molecule has 1 rings (SSSR count). The first kappa shape index (κ1) is 13.3. The van der Waals surface area contributed by atoms with Gasteiger partial charge in [0.05, 0.1) is 6.61 Å². The van der Waals surface area contributed by atoms with Gasteiger partial charge in [0.2, 0.25) is 0 Å². The van der Waals surface area contributed by atoms with Crippen LogP contribution in [0.15, 0.2) is 0 Å². The van der Waals surface area contributed by atoms with Gasteiger partial charge in [-0.2, -0.15) is 0 Å². The molecule has 0 radical (unpaired) electrons. The molecule has 1 heterocycles. The number of carbonyl (C=O) groups excluding carboxylic acids is 1. The van der Waals surface area contributed by atoms with Crippen LogP contribution in [0.3, 0.4) is 0 Å². The summed E-state index contributed by atoms with van der Waals surface area (Å²) in [5, 5.41) is 2.86. The van der Waals surface area contributed by atoms with Crippen LogP contribution in [-0.4, -0.2) is 44.3 Å². The van der Waals surface area contributed by atoms with Crippen LogP contribution in [0.4, 0.5) is 4.79 Å². The number of rotatable bonds is 4. The lowest BCUT2D eigenvalue weighted by atomic mass is 9.87. The first-order valence-electron chi connectivity index (χ1n) is 6.17. The smallest absolute Gasteiger partial charge is 0.317 e. The summed E-state index contributed by atoms with van der Waals surface area (Å²) < 4.78 is 4.89. The Hall–Kier alpha value is -0.770. The van der Waals surface area contributed by atoms with Crippen LogP contribution in [0.5, 0.6) is 0 Å². The van der Waals surface area contributed by atoms with Crippen LogP contribution in [-0.2, 0) is 4.74 Å². The van der Waals surface area contributed by atoms with Gasteiger partial charge >= 0.3 is 6.03 Å². The number of nitrogens with zero attached hydrogens (tertiary/aromatic N) is 1. The summed E-state index contributed by atoms with van der Waals surface area (Å²) >= 11 is 0. The molecule has 1 fully saturated rings. The topological polar surface area (TPSA) is 41.6 Å². The molecule has 16 heavy (non-hydrogen) atoms. The van der Waals surface area contributed by atoms with Gasteiger partial charge in [-0.15, -0.1) is 0 Å². The molecular weight excluding hydrogens is 204 g/mol. The molecule has 0 atom stereocenters. The molecule has 0 aromatic heterocycles. The molecule has 1 saturated heterocycles. The van der Waals surface area contributed by atoms with E-state index >= 15 is 0 Å². The molecule has 1 aliphatic heterocycles. The third-order valence-corrected chi connectivity index (χ3v) is 3.35. The van der Waals surface area contributed by atoms with Crippen LogP contribution < -0.4 is 5.32 Å². The highest BCUT2D eigenvalue weighted by Crippen LogP contribution is 2.24. The van der Waals surface area contributed by atoms with Crippen molar-refractivity contribution in [3.63, 3.8) is 0 Å². The van der Waals surface area contributed by atoms with Crippen LogP contribution >= 0.6 is 0 Å². The van der Waals surface area contributed by atoms with Crippen molar-refractivity contribution in [2.24, 2.45) is 11.8 Å². The molecular formula is C12H24N2O2. The zero-order chi connectivity index (χ0) is 12.0. The van der Waals surface area contributed by atoms with Crippen molar-refractivity contribution in [1.82, 2.24) is 10.2 Å². The summed E-state index contributed by atoms with van der Waals surface area (Å²) in [7, 11) is 1.64. The summed E-state index contributed by atoms with van der Waals surface area (Å²) in [5.74, 6) is 1.52. The Morgan fingerprint density at radius 3 is 2.56 bits per heavy atom. The number of methoxy groups -OCH3 is 1. The molecule has 94 valence electrons. The van der Waals surface area contributed by atoms with Crippen molar-refractivity contribution in [2.75, 3.05) is 33.4 Å².